The normalized spacial score (nSPS) is 19.7. The van der Waals surface area contributed by atoms with E-state index in [0.717, 1.165) is 57.6 Å². The number of anilines is 1. The summed E-state index contributed by atoms with van der Waals surface area (Å²) in [6.07, 6.45) is 6.00. The fraction of sp³-hybridized carbons (Fsp3) is 0.643. The van der Waals surface area contributed by atoms with Crippen LogP contribution < -0.4 is 10.2 Å². The number of nitrogens with one attached hydrogen (secondary N) is 1. The highest BCUT2D eigenvalue weighted by Crippen LogP contribution is 2.16. The molecule has 2 saturated heterocycles. The van der Waals surface area contributed by atoms with Gasteiger partial charge in [-0.15, -0.1) is 0 Å². The summed E-state index contributed by atoms with van der Waals surface area (Å²) in [6.45, 7) is 6.32. The molecular weight excluding hydrogens is 286 g/mol. The molecule has 0 aliphatic carbocycles. The molecule has 21 heavy (non-hydrogen) atoms. The van der Waals surface area contributed by atoms with Crippen LogP contribution in [0.1, 0.15) is 18.5 Å². The smallest absolute Gasteiger partial charge is 0.147 e. The zero-order chi connectivity index (χ0) is 14.5. The van der Waals surface area contributed by atoms with Crippen molar-refractivity contribution in [2.24, 2.45) is 0 Å². The van der Waals surface area contributed by atoms with Gasteiger partial charge in [0.25, 0.3) is 0 Å². The second-order valence-corrected chi connectivity index (χ2v) is 5.76. The summed E-state index contributed by atoms with van der Waals surface area (Å²) in [7, 11) is 0. The van der Waals surface area contributed by atoms with Crippen LogP contribution in [0, 0.1) is 0 Å². The molecule has 1 aromatic heterocycles. The van der Waals surface area contributed by atoms with Crippen molar-refractivity contribution >= 4 is 23.0 Å². The largest absolute Gasteiger partial charge is 0.379 e. The quantitative estimate of drug-likeness (QED) is 0.819. The van der Waals surface area contributed by atoms with Crippen molar-refractivity contribution in [3.8, 4) is 0 Å². The topological polar surface area (TPSA) is 53.5 Å². The molecule has 0 atom stereocenters. The van der Waals surface area contributed by atoms with E-state index in [1.807, 2.05) is 6.20 Å². The van der Waals surface area contributed by atoms with Gasteiger partial charge >= 0.3 is 0 Å². The number of rotatable bonds is 4. The molecule has 0 amide bonds. The van der Waals surface area contributed by atoms with Crippen molar-refractivity contribution in [3.63, 3.8) is 0 Å². The van der Waals surface area contributed by atoms with Gasteiger partial charge in [-0.05, 0) is 12.8 Å². The van der Waals surface area contributed by atoms with Gasteiger partial charge in [-0.1, -0.05) is 12.2 Å². The molecule has 1 aromatic rings. The van der Waals surface area contributed by atoms with E-state index in [-0.39, 0.29) is 0 Å². The third kappa shape index (κ3) is 3.87. The molecule has 6 nitrogen and oxygen atoms in total. The first kappa shape index (κ1) is 14.6. The fourth-order valence-corrected chi connectivity index (χ4v) is 2.76. The number of morpholine rings is 1. The van der Waals surface area contributed by atoms with E-state index >= 15 is 0 Å². The molecule has 2 aliphatic heterocycles. The molecule has 3 rings (SSSR count). The Hall–Kier alpha value is -1.31. The number of hydrogen-bond acceptors (Lipinski definition) is 6. The lowest BCUT2D eigenvalue weighted by molar-refractivity contribution is 0.0368. The van der Waals surface area contributed by atoms with Crippen LogP contribution in [-0.4, -0.2) is 65.9 Å². The molecule has 0 saturated carbocycles. The molecule has 114 valence electrons. The highest BCUT2D eigenvalue weighted by molar-refractivity contribution is 7.80. The van der Waals surface area contributed by atoms with Gasteiger partial charge in [0.15, 0.2) is 0 Å². The van der Waals surface area contributed by atoms with Gasteiger partial charge in [0.1, 0.15) is 16.5 Å². The second kappa shape index (κ2) is 7.11. The zero-order valence-electron chi connectivity index (χ0n) is 12.1. The van der Waals surface area contributed by atoms with Gasteiger partial charge in [-0.25, -0.2) is 4.98 Å². The molecule has 0 unspecified atom stereocenters. The molecule has 0 radical (unpaired) electrons. The highest BCUT2D eigenvalue weighted by Gasteiger charge is 2.16. The van der Waals surface area contributed by atoms with Crippen LogP contribution in [0.5, 0.6) is 0 Å². The summed E-state index contributed by atoms with van der Waals surface area (Å²) in [4.78, 5) is 14.1. The Morgan fingerprint density at radius 1 is 1.19 bits per heavy atom. The maximum absolute atomic E-state index is 5.43. The van der Waals surface area contributed by atoms with Crippen molar-refractivity contribution in [2.75, 3.05) is 51.0 Å². The van der Waals surface area contributed by atoms with Gasteiger partial charge in [0.2, 0.25) is 0 Å². The van der Waals surface area contributed by atoms with Gasteiger partial charge in [-0.2, -0.15) is 0 Å². The van der Waals surface area contributed by atoms with Crippen molar-refractivity contribution < 1.29 is 4.74 Å². The first-order valence-corrected chi connectivity index (χ1v) is 7.89. The average molecular weight is 307 g/mol. The minimum atomic E-state index is 0.662. The van der Waals surface area contributed by atoms with E-state index in [1.54, 1.807) is 6.20 Å². The standard InChI is InChI=1S/C14H21N5OS/c21-14(16-11-18-5-7-20-8-6-18)12-9-15-10-13(17-12)19-3-1-2-4-19/h9-10H,1-8,11H2,(H,16,21). The van der Waals surface area contributed by atoms with Crippen LogP contribution in [0.15, 0.2) is 12.4 Å². The molecular formula is C14H21N5OS. The van der Waals surface area contributed by atoms with Crippen LogP contribution in [-0.2, 0) is 4.74 Å². The maximum Gasteiger partial charge on any atom is 0.147 e. The van der Waals surface area contributed by atoms with Crippen LogP contribution in [0.25, 0.3) is 0 Å². The molecule has 0 aromatic carbocycles. The minimum absolute atomic E-state index is 0.662. The highest BCUT2D eigenvalue weighted by atomic mass is 32.1. The Morgan fingerprint density at radius 3 is 2.71 bits per heavy atom. The molecule has 3 heterocycles. The van der Waals surface area contributed by atoms with Crippen LogP contribution in [0.2, 0.25) is 0 Å². The van der Waals surface area contributed by atoms with Gasteiger partial charge in [-0.3, -0.25) is 9.88 Å². The van der Waals surface area contributed by atoms with Crippen molar-refractivity contribution in [2.45, 2.75) is 12.8 Å². The molecule has 2 fully saturated rings. The summed E-state index contributed by atoms with van der Waals surface area (Å²) in [5.41, 5.74) is 0.752. The average Bonchev–Trinajstić information content (AvgIpc) is 3.08. The number of aromatic nitrogens is 2. The van der Waals surface area contributed by atoms with E-state index in [9.17, 15) is 0 Å². The lowest BCUT2D eigenvalue weighted by atomic mass is 10.4. The Labute approximate surface area is 130 Å². The number of hydrogen-bond donors (Lipinski definition) is 1. The van der Waals surface area contributed by atoms with E-state index in [0.29, 0.717) is 4.99 Å². The Morgan fingerprint density at radius 2 is 1.95 bits per heavy atom. The summed E-state index contributed by atoms with van der Waals surface area (Å²) in [5, 5.41) is 3.27. The molecule has 0 spiro atoms. The van der Waals surface area contributed by atoms with Crippen LogP contribution >= 0.6 is 12.2 Å². The number of thiocarbonyl (C=S) groups is 1. The molecule has 0 bridgehead atoms. The predicted molar refractivity (Wildman–Crippen MR) is 85.6 cm³/mol. The number of ether oxygens (including phenoxy) is 1. The first-order valence-electron chi connectivity index (χ1n) is 7.48. The molecule has 1 N–H and O–H groups in total. The van der Waals surface area contributed by atoms with Gasteiger partial charge < -0.3 is 15.0 Å². The summed E-state index contributed by atoms with van der Waals surface area (Å²) in [5.74, 6) is 0.931. The molecule has 7 heteroatoms. The maximum atomic E-state index is 5.43. The molecule has 2 aliphatic rings. The summed E-state index contributed by atoms with van der Waals surface area (Å²) in [6, 6.07) is 0. The third-order valence-corrected chi connectivity index (χ3v) is 4.20. The van der Waals surface area contributed by atoms with Crippen molar-refractivity contribution in [1.29, 1.82) is 0 Å². The van der Waals surface area contributed by atoms with E-state index in [4.69, 9.17) is 17.0 Å². The zero-order valence-corrected chi connectivity index (χ0v) is 12.9. The van der Waals surface area contributed by atoms with Crippen LogP contribution in [0.4, 0.5) is 5.82 Å². The SMILES string of the molecule is S=C(NCN1CCOCC1)c1cncc(N2CCCC2)n1. The Kier molecular flexibility index (Phi) is 4.95. The predicted octanol–water partition coefficient (Wildman–Crippen LogP) is 0.632. The monoisotopic (exact) mass is 307 g/mol. The summed E-state index contributed by atoms with van der Waals surface area (Å²) >= 11 is 5.43. The Bertz CT molecular complexity index is 486. The lowest BCUT2D eigenvalue weighted by Gasteiger charge is -2.27. The van der Waals surface area contributed by atoms with E-state index in [2.05, 4.69) is 25.1 Å². The lowest BCUT2D eigenvalue weighted by Crippen LogP contribution is -2.43. The van der Waals surface area contributed by atoms with Crippen molar-refractivity contribution in [3.05, 3.63) is 18.1 Å². The fourth-order valence-electron chi connectivity index (χ4n) is 2.60. The van der Waals surface area contributed by atoms with Crippen molar-refractivity contribution in [1.82, 2.24) is 20.2 Å². The summed E-state index contributed by atoms with van der Waals surface area (Å²) < 4.78 is 5.33. The minimum Gasteiger partial charge on any atom is -0.379 e. The Balaban J connectivity index is 1.57. The van der Waals surface area contributed by atoms with Gasteiger partial charge in [0, 0.05) is 26.2 Å². The first-order chi connectivity index (χ1) is 10.3. The van der Waals surface area contributed by atoms with E-state index < -0.39 is 0 Å². The van der Waals surface area contributed by atoms with E-state index in [1.165, 1.54) is 12.8 Å². The number of nitrogens with zero attached hydrogens (tertiary/aromatic N) is 4. The van der Waals surface area contributed by atoms with Gasteiger partial charge in [0.05, 0.1) is 32.3 Å². The second-order valence-electron chi connectivity index (χ2n) is 5.35. The third-order valence-electron chi connectivity index (χ3n) is 3.85. The van der Waals surface area contributed by atoms with Crippen LogP contribution in [0.3, 0.4) is 0 Å².